The van der Waals surface area contributed by atoms with E-state index in [4.69, 9.17) is 4.74 Å². The molecule has 2 unspecified atom stereocenters. The van der Waals surface area contributed by atoms with E-state index in [-0.39, 0.29) is 6.10 Å². The summed E-state index contributed by atoms with van der Waals surface area (Å²) in [5.74, 6) is 0.716. The molecule has 1 rings (SSSR count). The Balaban J connectivity index is 2.57. The van der Waals surface area contributed by atoms with E-state index in [1.54, 1.807) is 0 Å². The minimum Gasteiger partial charge on any atom is -0.475 e. The molecule has 1 N–H and O–H groups in total. The minimum absolute atomic E-state index is 0.241. The molecule has 0 aliphatic heterocycles. The molecule has 3 nitrogen and oxygen atoms in total. The zero-order valence-corrected chi connectivity index (χ0v) is 10.7. The monoisotopic (exact) mass is 222 g/mol. The van der Waals surface area contributed by atoms with Crippen LogP contribution in [0.25, 0.3) is 0 Å². The topological polar surface area (TPSA) is 34.1 Å². The molecule has 0 radical (unpaired) electrons. The molecule has 0 saturated carbocycles. The first kappa shape index (κ1) is 13.0. The van der Waals surface area contributed by atoms with Crippen molar-refractivity contribution in [3.05, 3.63) is 23.9 Å². The van der Waals surface area contributed by atoms with Crippen molar-refractivity contribution in [2.75, 3.05) is 7.05 Å². The van der Waals surface area contributed by atoms with Crippen LogP contribution in [0, 0.1) is 0 Å². The van der Waals surface area contributed by atoms with E-state index in [2.05, 4.69) is 37.1 Å². The number of ether oxygens (including phenoxy) is 1. The van der Waals surface area contributed by atoms with Gasteiger partial charge in [-0.2, -0.15) is 0 Å². The molecule has 1 aromatic rings. The van der Waals surface area contributed by atoms with Gasteiger partial charge in [0.25, 0.3) is 0 Å². The molecule has 0 bridgehead atoms. The van der Waals surface area contributed by atoms with Crippen molar-refractivity contribution < 1.29 is 4.74 Å². The van der Waals surface area contributed by atoms with Crippen LogP contribution >= 0.6 is 0 Å². The average Bonchev–Trinajstić information content (AvgIpc) is 2.29. The molecule has 0 aliphatic rings. The quantitative estimate of drug-likeness (QED) is 0.803. The Hall–Kier alpha value is -1.09. The lowest BCUT2D eigenvalue weighted by Gasteiger charge is -2.14. The lowest BCUT2D eigenvalue weighted by Crippen LogP contribution is -2.14. The third-order valence-corrected chi connectivity index (χ3v) is 2.71. The standard InChI is InChI=1S/C13H22N2O/c1-5-6-10(2)16-13-8-7-12(9-15-13)11(3)14-4/h7-11,14H,5-6H2,1-4H3. The van der Waals surface area contributed by atoms with Gasteiger partial charge >= 0.3 is 0 Å². The van der Waals surface area contributed by atoms with Gasteiger partial charge in [0.2, 0.25) is 5.88 Å². The summed E-state index contributed by atoms with van der Waals surface area (Å²) in [6.07, 6.45) is 4.31. The van der Waals surface area contributed by atoms with Crippen molar-refractivity contribution in [2.45, 2.75) is 45.8 Å². The fourth-order valence-corrected chi connectivity index (χ4v) is 1.56. The maximum atomic E-state index is 5.69. The summed E-state index contributed by atoms with van der Waals surface area (Å²) in [6, 6.07) is 4.33. The van der Waals surface area contributed by atoms with E-state index in [0.717, 1.165) is 12.8 Å². The second kappa shape index (κ2) is 6.48. The maximum absolute atomic E-state index is 5.69. The fraction of sp³-hybridized carbons (Fsp3) is 0.615. The van der Waals surface area contributed by atoms with Gasteiger partial charge in [0.1, 0.15) is 0 Å². The lowest BCUT2D eigenvalue weighted by atomic mass is 10.1. The molecule has 0 saturated heterocycles. The Morgan fingerprint density at radius 1 is 1.38 bits per heavy atom. The molecular weight excluding hydrogens is 200 g/mol. The first-order valence-electron chi connectivity index (χ1n) is 5.97. The predicted molar refractivity (Wildman–Crippen MR) is 66.7 cm³/mol. The van der Waals surface area contributed by atoms with Crippen LogP contribution in [0.2, 0.25) is 0 Å². The highest BCUT2D eigenvalue weighted by molar-refractivity contribution is 5.20. The van der Waals surface area contributed by atoms with E-state index in [1.807, 2.05) is 19.3 Å². The van der Waals surface area contributed by atoms with E-state index in [0.29, 0.717) is 11.9 Å². The van der Waals surface area contributed by atoms with Crippen LogP contribution in [0.15, 0.2) is 18.3 Å². The largest absolute Gasteiger partial charge is 0.475 e. The van der Waals surface area contributed by atoms with Crippen molar-refractivity contribution in [1.29, 1.82) is 0 Å². The van der Waals surface area contributed by atoms with Crippen LogP contribution in [0.1, 0.15) is 45.2 Å². The Kier molecular flexibility index (Phi) is 5.26. The highest BCUT2D eigenvalue weighted by Gasteiger charge is 2.06. The Bertz CT molecular complexity index is 297. The highest BCUT2D eigenvalue weighted by atomic mass is 16.5. The molecule has 2 atom stereocenters. The molecule has 0 aromatic carbocycles. The van der Waals surface area contributed by atoms with Gasteiger partial charge in [0.05, 0.1) is 6.10 Å². The summed E-state index contributed by atoms with van der Waals surface area (Å²) in [7, 11) is 1.94. The van der Waals surface area contributed by atoms with Crippen molar-refractivity contribution >= 4 is 0 Å². The summed E-state index contributed by atoms with van der Waals surface area (Å²) >= 11 is 0. The van der Waals surface area contributed by atoms with Gasteiger partial charge in [-0.05, 0) is 32.9 Å². The fourth-order valence-electron chi connectivity index (χ4n) is 1.56. The van der Waals surface area contributed by atoms with Crippen molar-refractivity contribution in [3.63, 3.8) is 0 Å². The second-order valence-corrected chi connectivity index (χ2v) is 4.16. The van der Waals surface area contributed by atoms with Gasteiger partial charge in [-0.15, -0.1) is 0 Å². The molecule has 16 heavy (non-hydrogen) atoms. The Morgan fingerprint density at radius 2 is 2.12 bits per heavy atom. The molecule has 0 spiro atoms. The number of aromatic nitrogens is 1. The number of rotatable bonds is 6. The first-order chi connectivity index (χ1) is 7.67. The van der Waals surface area contributed by atoms with Gasteiger partial charge in [-0.1, -0.05) is 19.4 Å². The lowest BCUT2D eigenvalue weighted by molar-refractivity contribution is 0.201. The van der Waals surface area contributed by atoms with Gasteiger partial charge in [-0.3, -0.25) is 0 Å². The molecule has 1 heterocycles. The Morgan fingerprint density at radius 3 is 2.62 bits per heavy atom. The average molecular weight is 222 g/mol. The third kappa shape index (κ3) is 3.81. The summed E-state index contributed by atoms with van der Waals surface area (Å²) in [5.41, 5.74) is 1.18. The minimum atomic E-state index is 0.241. The van der Waals surface area contributed by atoms with Crippen molar-refractivity contribution in [3.8, 4) is 5.88 Å². The van der Waals surface area contributed by atoms with Gasteiger partial charge in [0, 0.05) is 18.3 Å². The van der Waals surface area contributed by atoms with E-state index in [9.17, 15) is 0 Å². The van der Waals surface area contributed by atoms with Crippen LogP contribution in [-0.4, -0.2) is 18.1 Å². The summed E-state index contributed by atoms with van der Waals surface area (Å²) in [5, 5.41) is 3.18. The second-order valence-electron chi connectivity index (χ2n) is 4.16. The molecule has 0 fully saturated rings. The number of nitrogens with one attached hydrogen (secondary N) is 1. The third-order valence-electron chi connectivity index (χ3n) is 2.71. The zero-order chi connectivity index (χ0) is 12.0. The summed E-state index contributed by atoms with van der Waals surface area (Å²) < 4.78 is 5.69. The van der Waals surface area contributed by atoms with Gasteiger partial charge < -0.3 is 10.1 Å². The van der Waals surface area contributed by atoms with Crippen molar-refractivity contribution in [1.82, 2.24) is 10.3 Å². The normalized spacial score (nSPS) is 14.5. The molecule has 0 aliphatic carbocycles. The molecule has 1 aromatic heterocycles. The van der Waals surface area contributed by atoms with Crippen LogP contribution in [-0.2, 0) is 0 Å². The van der Waals surface area contributed by atoms with Crippen LogP contribution < -0.4 is 10.1 Å². The smallest absolute Gasteiger partial charge is 0.213 e. The molecule has 0 amide bonds. The van der Waals surface area contributed by atoms with Crippen molar-refractivity contribution in [2.24, 2.45) is 0 Å². The first-order valence-corrected chi connectivity index (χ1v) is 5.97. The number of hydrogen-bond donors (Lipinski definition) is 1. The van der Waals surface area contributed by atoms with E-state index in [1.165, 1.54) is 5.56 Å². The van der Waals surface area contributed by atoms with Gasteiger partial charge in [0.15, 0.2) is 0 Å². The number of pyridine rings is 1. The van der Waals surface area contributed by atoms with Crippen LogP contribution in [0.5, 0.6) is 5.88 Å². The highest BCUT2D eigenvalue weighted by Crippen LogP contribution is 2.15. The SMILES string of the molecule is CCCC(C)Oc1ccc(C(C)NC)cn1. The molecular formula is C13H22N2O. The Labute approximate surface area is 98.2 Å². The zero-order valence-electron chi connectivity index (χ0n) is 10.7. The van der Waals surface area contributed by atoms with Crippen LogP contribution in [0.4, 0.5) is 0 Å². The van der Waals surface area contributed by atoms with Crippen LogP contribution in [0.3, 0.4) is 0 Å². The number of hydrogen-bond acceptors (Lipinski definition) is 3. The maximum Gasteiger partial charge on any atom is 0.213 e. The van der Waals surface area contributed by atoms with E-state index < -0.39 is 0 Å². The molecule has 3 heteroatoms. The summed E-state index contributed by atoms with van der Waals surface area (Å²) in [4.78, 5) is 4.31. The number of nitrogens with zero attached hydrogens (tertiary/aromatic N) is 1. The predicted octanol–water partition coefficient (Wildman–Crippen LogP) is 2.93. The molecule has 90 valence electrons. The van der Waals surface area contributed by atoms with E-state index >= 15 is 0 Å². The van der Waals surface area contributed by atoms with Gasteiger partial charge in [-0.25, -0.2) is 4.98 Å². The summed E-state index contributed by atoms with van der Waals surface area (Å²) in [6.45, 7) is 6.34.